The first-order valence-corrected chi connectivity index (χ1v) is 14.3. The molecule has 5 aromatic rings. The molecule has 1 aliphatic rings. The Balaban J connectivity index is 1.49. The van der Waals surface area contributed by atoms with E-state index in [1.54, 1.807) is 30.6 Å². The minimum absolute atomic E-state index is 0.0422. The lowest BCUT2D eigenvalue weighted by atomic mass is 9.96. The summed E-state index contributed by atoms with van der Waals surface area (Å²) in [6.07, 6.45) is -1.71. The van der Waals surface area contributed by atoms with Gasteiger partial charge < -0.3 is 19.8 Å². The van der Waals surface area contributed by atoms with E-state index >= 15 is 0 Å². The summed E-state index contributed by atoms with van der Waals surface area (Å²) in [5.74, 6) is -0.733. The van der Waals surface area contributed by atoms with Gasteiger partial charge in [0.25, 0.3) is 11.8 Å². The third-order valence-electron chi connectivity index (χ3n) is 7.82. The number of amides is 2. The van der Waals surface area contributed by atoms with Gasteiger partial charge in [0.1, 0.15) is 22.9 Å². The number of halogens is 4. The number of hydrogen-bond donors (Lipinski definition) is 2. The van der Waals surface area contributed by atoms with Gasteiger partial charge in [-0.1, -0.05) is 6.07 Å². The number of nitrogens with zero attached hydrogens (tertiary/aromatic N) is 3. The summed E-state index contributed by atoms with van der Waals surface area (Å²) in [6, 6.07) is 13.1. The van der Waals surface area contributed by atoms with Crippen LogP contribution in [0.25, 0.3) is 33.6 Å². The smallest absolute Gasteiger partial charge is 0.389 e. The Bertz CT molecular complexity index is 1940. The fraction of sp³-hybridized carbons (Fsp3) is 0.242. The molecule has 13 heteroatoms. The average Bonchev–Trinajstić information content (AvgIpc) is 3.74. The first-order chi connectivity index (χ1) is 22.0. The number of rotatable bonds is 9. The van der Waals surface area contributed by atoms with Crippen LogP contribution in [0.1, 0.15) is 51.5 Å². The van der Waals surface area contributed by atoms with Gasteiger partial charge in [-0.05, 0) is 73.4 Å². The van der Waals surface area contributed by atoms with E-state index in [9.17, 15) is 27.2 Å². The second kappa shape index (κ2) is 11.9. The number of aryl methyl sites for hydroxylation is 1. The lowest BCUT2D eigenvalue weighted by Gasteiger charge is -2.18. The highest BCUT2D eigenvalue weighted by molar-refractivity contribution is 6.11. The van der Waals surface area contributed by atoms with E-state index in [1.807, 2.05) is 0 Å². The molecule has 0 spiro atoms. The minimum Gasteiger partial charge on any atom is -0.496 e. The molecule has 0 saturated heterocycles. The van der Waals surface area contributed by atoms with Crippen molar-refractivity contribution in [3.05, 3.63) is 95.5 Å². The van der Waals surface area contributed by atoms with E-state index < -0.39 is 42.2 Å². The van der Waals surface area contributed by atoms with Gasteiger partial charge in [0, 0.05) is 37.0 Å². The third kappa shape index (κ3) is 6.00. The van der Waals surface area contributed by atoms with Gasteiger partial charge in [-0.15, -0.1) is 0 Å². The van der Waals surface area contributed by atoms with E-state index in [-0.39, 0.29) is 45.0 Å². The molecule has 2 aromatic carbocycles. The maximum Gasteiger partial charge on any atom is 0.389 e. The number of pyridine rings is 1. The Morgan fingerprint density at radius 2 is 1.70 bits per heavy atom. The third-order valence-corrected chi connectivity index (χ3v) is 7.82. The standard InChI is InChI=1S/C33H27F4N5O4/c1-38-29(44)26-23-17-21(24(10-11-33(35,36)37)41-30(23)46-27(26)18-4-7-20(34)8-5-18)19-6-9-25(45-2)22(16-19)28(43)42-32(12-13-32)31-39-14-3-15-40-31/h3-9,14-17H,10-13H2,1-2H3,(H,38,44)(H,42,43). The molecule has 2 amide bonds. The van der Waals surface area contributed by atoms with Gasteiger partial charge in [0.2, 0.25) is 5.71 Å². The molecule has 2 N–H and O–H groups in total. The molecule has 0 unspecified atom stereocenters. The van der Waals surface area contributed by atoms with Gasteiger partial charge in [-0.2, -0.15) is 13.2 Å². The van der Waals surface area contributed by atoms with Crippen LogP contribution in [0.15, 0.2) is 71.4 Å². The van der Waals surface area contributed by atoms with Crippen molar-refractivity contribution in [1.29, 1.82) is 0 Å². The molecule has 6 rings (SSSR count). The predicted molar refractivity (Wildman–Crippen MR) is 160 cm³/mol. The van der Waals surface area contributed by atoms with E-state index in [0.717, 1.165) is 0 Å². The van der Waals surface area contributed by atoms with Crippen molar-refractivity contribution in [3.63, 3.8) is 0 Å². The molecule has 0 aliphatic heterocycles. The summed E-state index contributed by atoms with van der Waals surface area (Å²) in [7, 11) is 2.82. The summed E-state index contributed by atoms with van der Waals surface area (Å²) in [4.78, 5) is 39.8. The molecule has 0 atom stereocenters. The molecule has 0 radical (unpaired) electrons. The number of alkyl halides is 3. The van der Waals surface area contributed by atoms with Crippen LogP contribution < -0.4 is 15.4 Å². The number of nitrogens with one attached hydrogen (secondary N) is 2. The number of ether oxygens (including phenoxy) is 1. The van der Waals surface area contributed by atoms with Crippen LogP contribution in [-0.2, 0) is 12.0 Å². The van der Waals surface area contributed by atoms with Crippen molar-refractivity contribution in [3.8, 4) is 28.2 Å². The number of carbonyl (C=O) groups is 2. The normalized spacial score (nSPS) is 13.8. The van der Waals surface area contributed by atoms with Crippen LogP contribution in [0.2, 0.25) is 0 Å². The van der Waals surface area contributed by atoms with Crippen molar-refractivity contribution < 1.29 is 36.3 Å². The number of benzene rings is 2. The van der Waals surface area contributed by atoms with Crippen LogP contribution in [0.3, 0.4) is 0 Å². The highest BCUT2D eigenvalue weighted by Crippen LogP contribution is 2.44. The molecule has 3 aromatic heterocycles. The lowest BCUT2D eigenvalue weighted by Crippen LogP contribution is -2.36. The fourth-order valence-electron chi connectivity index (χ4n) is 5.33. The quantitative estimate of drug-likeness (QED) is 0.181. The van der Waals surface area contributed by atoms with Crippen LogP contribution in [0, 0.1) is 5.82 Å². The Morgan fingerprint density at radius 3 is 2.33 bits per heavy atom. The Hall–Kier alpha value is -5.33. The van der Waals surface area contributed by atoms with Crippen molar-refractivity contribution >= 4 is 22.9 Å². The first-order valence-electron chi connectivity index (χ1n) is 14.3. The SMILES string of the molecule is CNC(=O)c1c(-c2ccc(F)cc2)oc2nc(CCC(F)(F)F)c(-c3ccc(OC)c(C(=O)NC4(c5ncccn5)CC4)c3)cc12. The Kier molecular flexibility index (Phi) is 7.92. The van der Waals surface area contributed by atoms with E-state index in [4.69, 9.17) is 9.15 Å². The van der Waals surface area contributed by atoms with E-state index in [0.29, 0.717) is 29.8 Å². The Labute approximate surface area is 260 Å². The number of fused-ring (bicyclic) bond motifs is 1. The summed E-state index contributed by atoms with van der Waals surface area (Å²) in [5, 5.41) is 5.77. The van der Waals surface area contributed by atoms with Crippen LogP contribution in [0.4, 0.5) is 17.6 Å². The molecule has 3 heterocycles. The number of methoxy groups -OCH3 is 1. The maximum atomic E-state index is 13.7. The Morgan fingerprint density at radius 1 is 1.00 bits per heavy atom. The number of carbonyl (C=O) groups excluding carboxylic acids is 2. The van der Waals surface area contributed by atoms with Crippen LogP contribution in [0.5, 0.6) is 5.75 Å². The number of aromatic nitrogens is 3. The highest BCUT2D eigenvalue weighted by atomic mass is 19.4. The first kappa shape index (κ1) is 30.7. The van der Waals surface area contributed by atoms with E-state index in [1.165, 1.54) is 50.6 Å². The van der Waals surface area contributed by atoms with E-state index in [2.05, 4.69) is 25.6 Å². The molecule has 46 heavy (non-hydrogen) atoms. The van der Waals surface area contributed by atoms with Gasteiger partial charge in [0.05, 0.1) is 29.3 Å². The molecule has 1 fully saturated rings. The fourth-order valence-corrected chi connectivity index (χ4v) is 5.33. The highest BCUT2D eigenvalue weighted by Gasteiger charge is 2.48. The van der Waals surface area contributed by atoms with Crippen molar-refractivity contribution in [2.45, 2.75) is 37.4 Å². The van der Waals surface area contributed by atoms with Crippen molar-refractivity contribution in [2.75, 3.05) is 14.2 Å². The molecule has 9 nitrogen and oxygen atoms in total. The second-order valence-electron chi connectivity index (χ2n) is 10.9. The second-order valence-corrected chi connectivity index (χ2v) is 10.9. The maximum absolute atomic E-state index is 13.7. The summed E-state index contributed by atoms with van der Waals surface area (Å²) in [5.41, 5.74) is 0.442. The predicted octanol–water partition coefficient (Wildman–Crippen LogP) is 6.37. The monoisotopic (exact) mass is 633 g/mol. The molecule has 236 valence electrons. The molecule has 1 saturated carbocycles. The topological polar surface area (TPSA) is 119 Å². The molecule has 1 aliphatic carbocycles. The largest absolute Gasteiger partial charge is 0.496 e. The minimum atomic E-state index is -4.48. The van der Waals surface area contributed by atoms with Gasteiger partial charge >= 0.3 is 6.18 Å². The lowest BCUT2D eigenvalue weighted by molar-refractivity contribution is -0.134. The summed E-state index contributed by atoms with van der Waals surface area (Å²) < 4.78 is 65.3. The molecule has 0 bridgehead atoms. The van der Waals surface area contributed by atoms with Crippen molar-refractivity contribution in [1.82, 2.24) is 25.6 Å². The zero-order chi connectivity index (χ0) is 32.6. The average molecular weight is 634 g/mol. The number of hydrogen-bond acceptors (Lipinski definition) is 7. The zero-order valence-corrected chi connectivity index (χ0v) is 24.7. The van der Waals surface area contributed by atoms with Crippen molar-refractivity contribution in [2.24, 2.45) is 0 Å². The molecular weight excluding hydrogens is 606 g/mol. The van der Waals surface area contributed by atoms with Gasteiger partial charge in [-0.25, -0.2) is 19.3 Å². The number of furan rings is 1. The van der Waals surface area contributed by atoms with Crippen LogP contribution in [-0.4, -0.2) is 47.1 Å². The zero-order valence-electron chi connectivity index (χ0n) is 24.7. The summed E-state index contributed by atoms with van der Waals surface area (Å²) >= 11 is 0. The van der Waals surface area contributed by atoms with Crippen LogP contribution >= 0.6 is 0 Å². The molecular formula is C33H27F4N5O4. The summed E-state index contributed by atoms with van der Waals surface area (Å²) in [6.45, 7) is 0. The van der Waals surface area contributed by atoms with Gasteiger partial charge in [-0.3, -0.25) is 9.59 Å². The van der Waals surface area contributed by atoms with Gasteiger partial charge in [0.15, 0.2) is 5.82 Å².